The maximum absolute atomic E-state index is 13.0. The molecule has 0 bridgehead atoms. The highest BCUT2D eigenvalue weighted by Gasteiger charge is 2.33. The van der Waals surface area contributed by atoms with Crippen LogP contribution in [0.2, 0.25) is 0 Å². The van der Waals surface area contributed by atoms with Gasteiger partial charge in [-0.2, -0.15) is 13.2 Å². The first kappa shape index (κ1) is 26.0. The van der Waals surface area contributed by atoms with Crippen LogP contribution < -0.4 is 5.32 Å². The number of carbonyl (C=O) groups excluding carboxylic acids is 3. The molecule has 2 saturated heterocycles. The molecular formula is C24H33F3N4O3. The SMILES string of the molecule is CC[C@@H](C)NC(=O)CN1CCN(C(=O)C2CCN(C(=O)c3ccc(C(F)(F)F)cc3)CC2)CC1. The third-order valence-corrected chi connectivity index (χ3v) is 6.66. The number of carbonyl (C=O) groups is 3. The van der Waals surface area contributed by atoms with Gasteiger partial charge in [0.1, 0.15) is 0 Å². The number of hydrogen-bond acceptors (Lipinski definition) is 4. The second-order valence-electron chi connectivity index (χ2n) is 9.12. The molecule has 1 atom stereocenters. The monoisotopic (exact) mass is 482 g/mol. The van der Waals surface area contributed by atoms with Crippen molar-refractivity contribution in [3.8, 4) is 0 Å². The molecule has 0 aromatic heterocycles. The highest BCUT2D eigenvalue weighted by molar-refractivity contribution is 5.94. The molecule has 188 valence electrons. The molecule has 34 heavy (non-hydrogen) atoms. The number of amides is 3. The van der Waals surface area contributed by atoms with E-state index in [-0.39, 0.29) is 35.2 Å². The van der Waals surface area contributed by atoms with Gasteiger partial charge >= 0.3 is 6.18 Å². The van der Waals surface area contributed by atoms with E-state index in [0.29, 0.717) is 58.7 Å². The summed E-state index contributed by atoms with van der Waals surface area (Å²) in [6, 6.07) is 4.37. The Morgan fingerprint density at radius 2 is 1.56 bits per heavy atom. The van der Waals surface area contributed by atoms with Gasteiger partial charge in [0.2, 0.25) is 11.8 Å². The number of nitrogens with one attached hydrogen (secondary N) is 1. The topological polar surface area (TPSA) is 73.0 Å². The third-order valence-electron chi connectivity index (χ3n) is 6.66. The summed E-state index contributed by atoms with van der Waals surface area (Å²) in [5.41, 5.74) is -0.573. The minimum atomic E-state index is -4.44. The maximum Gasteiger partial charge on any atom is 0.416 e. The molecule has 7 nitrogen and oxygen atoms in total. The van der Waals surface area contributed by atoms with Crippen molar-refractivity contribution in [2.24, 2.45) is 5.92 Å². The van der Waals surface area contributed by atoms with E-state index in [1.165, 1.54) is 12.1 Å². The summed E-state index contributed by atoms with van der Waals surface area (Å²) in [7, 11) is 0. The van der Waals surface area contributed by atoms with Crippen molar-refractivity contribution in [3.63, 3.8) is 0 Å². The van der Waals surface area contributed by atoms with Gasteiger partial charge in [-0.25, -0.2) is 0 Å². The first-order valence-corrected chi connectivity index (χ1v) is 11.9. The summed E-state index contributed by atoms with van der Waals surface area (Å²) in [5.74, 6) is -0.412. The average Bonchev–Trinajstić information content (AvgIpc) is 2.83. The van der Waals surface area contributed by atoms with E-state index in [2.05, 4.69) is 5.32 Å². The second kappa shape index (κ2) is 11.2. The summed E-state index contributed by atoms with van der Waals surface area (Å²) in [6.07, 6.45) is -2.50. The van der Waals surface area contributed by atoms with Crippen LogP contribution >= 0.6 is 0 Å². The molecule has 3 rings (SSSR count). The Bertz CT molecular complexity index is 859. The molecule has 2 aliphatic rings. The molecule has 2 aliphatic heterocycles. The standard InChI is InChI=1S/C24H33F3N4O3/c1-3-17(2)28-21(32)16-29-12-14-31(15-13-29)23(34)19-8-10-30(11-9-19)22(33)18-4-6-20(7-5-18)24(25,26)27/h4-7,17,19H,3,8-16H2,1-2H3,(H,28,32)/t17-/m1/s1. The molecule has 1 aromatic rings. The molecule has 0 saturated carbocycles. The van der Waals surface area contributed by atoms with Crippen molar-refractivity contribution in [2.75, 3.05) is 45.8 Å². The number of hydrogen-bond donors (Lipinski definition) is 1. The van der Waals surface area contributed by atoms with E-state index < -0.39 is 11.7 Å². The molecular weight excluding hydrogens is 449 g/mol. The number of nitrogens with zero attached hydrogens (tertiary/aromatic N) is 3. The zero-order valence-corrected chi connectivity index (χ0v) is 19.7. The summed E-state index contributed by atoms with van der Waals surface area (Å²) < 4.78 is 38.2. The highest BCUT2D eigenvalue weighted by Crippen LogP contribution is 2.29. The highest BCUT2D eigenvalue weighted by atomic mass is 19.4. The van der Waals surface area contributed by atoms with Crippen molar-refractivity contribution in [1.82, 2.24) is 20.0 Å². The van der Waals surface area contributed by atoms with Crippen LogP contribution in [0.25, 0.3) is 0 Å². The van der Waals surface area contributed by atoms with Gasteiger partial charge in [0.25, 0.3) is 5.91 Å². The van der Waals surface area contributed by atoms with Crippen LogP contribution in [0.15, 0.2) is 24.3 Å². The lowest BCUT2D eigenvalue weighted by molar-refractivity contribution is -0.139. The van der Waals surface area contributed by atoms with E-state index in [1.807, 2.05) is 23.6 Å². The molecule has 10 heteroatoms. The summed E-state index contributed by atoms with van der Waals surface area (Å²) in [6.45, 7) is 7.53. The van der Waals surface area contributed by atoms with Gasteiger partial charge in [0.15, 0.2) is 0 Å². The fourth-order valence-corrected chi connectivity index (χ4v) is 4.32. The molecule has 3 amide bonds. The van der Waals surface area contributed by atoms with Crippen molar-refractivity contribution < 1.29 is 27.6 Å². The number of rotatable bonds is 6. The van der Waals surface area contributed by atoms with Gasteiger partial charge in [-0.15, -0.1) is 0 Å². The minimum Gasteiger partial charge on any atom is -0.353 e. The Hall–Kier alpha value is -2.62. The van der Waals surface area contributed by atoms with Crippen LogP contribution in [0.4, 0.5) is 13.2 Å². The van der Waals surface area contributed by atoms with Gasteiger partial charge < -0.3 is 15.1 Å². The van der Waals surface area contributed by atoms with Crippen molar-refractivity contribution >= 4 is 17.7 Å². The Morgan fingerprint density at radius 1 is 0.971 bits per heavy atom. The number of alkyl halides is 3. The fraction of sp³-hybridized carbons (Fsp3) is 0.625. The van der Waals surface area contributed by atoms with E-state index >= 15 is 0 Å². The number of halogens is 3. The molecule has 0 spiro atoms. The number of piperazine rings is 1. The summed E-state index contributed by atoms with van der Waals surface area (Å²) in [5, 5.41) is 2.95. The van der Waals surface area contributed by atoms with Gasteiger partial charge in [-0.05, 0) is 50.5 Å². The summed E-state index contributed by atoms with van der Waals surface area (Å²) >= 11 is 0. The van der Waals surface area contributed by atoms with Crippen molar-refractivity contribution in [1.29, 1.82) is 0 Å². The van der Waals surface area contributed by atoms with E-state index in [9.17, 15) is 27.6 Å². The van der Waals surface area contributed by atoms with E-state index in [1.54, 1.807) is 4.90 Å². The minimum absolute atomic E-state index is 0.000730. The molecule has 0 radical (unpaired) electrons. The smallest absolute Gasteiger partial charge is 0.353 e. The zero-order chi connectivity index (χ0) is 24.9. The van der Waals surface area contributed by atoms with E-state index in [0.717, 1.165) is 18.6 Å². The Balaban J connectivity index is 1.43. The van der Waals surface area contributed by atoms with Crippen LogP contribution in [0.1, 0.15) is 49.0 Å². The predicted molar refractivity (Wildman–Crippen MR) is 121 cm³/mol. The average molecular weight is 483 g/mol. The van der Waals surface area contributed by atoms with Crippen LogP contribution in [-0.4, -0.2) is 84.3 Å². The lowest BCUT2D eigenvalue weighted by atomic mass is 9.94. The zero-order valence-electron chi connectivity index (χ0n) is 19.7. The lowest BCUT2D eigenvalue weighted by Gasteiger charge is -2.38. The Kier molecular flexibility index (Phi) is 8.57. The second-order valence-corrected chi connectivity index (χ2v) is 9.12. The normalized spacial score (nSPS) is 19.1. The first-order valence-electron chi connectivity index (χ1n) is 11.9. The maximum atomic E-state index is 13.0. The number of likely N-dealkylation sites (tertiary alicyclic amines) is 1. The fourth-order valence-electron chi connectivity index (χ4n) is 4.32. The molecule has 0 unspecified atom stereocenters. The van der Waals surface area contributed by atoms with Gasteiger partial charge in [-0.1, -0.05) is 6.92 Å². The first-order chi connectivity index (χ1) is 16.1. The molecule has 2 fully saturated rings. The van der Waals surface area contributed by atoms with Crippen LogP contribution in [-0.2, 0) is 15.8 Å². The number of piperidine rings is 1. The van der Waals surface area contributed by atoms with Gasteiger partial charge in [0.05, 0.1) is 12.1 Å². The Labute approximate surface area is 198 Å². The predicted octanol–water partition coefficient (Wildman–Crippen LogP) is 2.62. The van der Waals surface area contributed by atoms with Crippen molar-refractivity contribution in [3.05, 3.63) is 35.4 Å². The molecule has 1 aromatic carbocycles. The summed E-state index contributed by atoms with van der Waals surface area (Å²) in [4.78, 5) is 43.2. The largest absolute Gasteiger partial charge is 0.416 e. The lowest BCUT2D eigenvalue weighted by Crippen LogP contribution is -2.53. The Morgan fingerprint density at radius 3 is 2.09 bits per heavy atom. The molecule has 2 heterocycles. The van der Waals surface area contributed by atoms with Crippen LogP contribution in [0.5, 0.6) is 0 Å². The van der Waals surface area contributed by atoms with Crippen molar-refractivity contribution in [2.45, 2.75) is 45.3 Å². The van der Waals surface area contributed by atoms with Gasteiger partial charge in [-0.3, -0.25) is 19.3 Å². The quantitative estimate of drug-likeness (QED) is 0.677. The number of benzene rings is 1. The third kappa shape index (κ3) is 6.71. The molecule has 1 N–H and O–H groups in total. The van der Waals surface area contributed by atoms with Crippen LogP contribution in [0.3, 0.4) is 0 Å². The van der Waals surface area contributed by atoms with Gasteiger partial charge in [0, 0.05) is 56.8 Å². The molecule has 0 aliphatic carbocycles. The van der Waals surface area contributed by atoms with Crippen LogP contribution in [0, 0.1) is 5.92 Å². The van der Waals surface area contributed by atoms with E-state index in [4.69, 9.17) is 0 Å².